The second-order valence-corrected chi connectivity index (χ2v) is 8.63. The van der Waals surface area contributed by atoms with Gasteiger partial charge in [-0.1, -0.05) is 72.8 Å². The molecule has 0 saturated heterocycles. The lowest BCUT2D eigenvalue weighted by Crippen LogP contribution is -2.28. The summed E-state index contributed by atoms with van der Waals surface area (Å²) in [5.41, 5.74) is 3.44. The molecule has 0 unspecified atom stereocenters. The number of carbonyl (C=O) groups is 2. The predicted molar refractivity (Wildman–Crippen MR) is 128 cm³/mol. The van der Waals surface area contributed by atoms with E-state index in [1.54, 1.807) is 12.1 Å². The Morgan fingerprint density at radius 3 is 2.56 bits per heavy atom. The summed E-state index contributed by atoms with van der Waals surface area (Å²) in [5.74, 6) is -0.372. The van der Waals surface area contributed by atoms with Crippen LogP contribution in [0, 0.1) is 5.92 Å². The van der Waals surface area contributed by atoms with Crippen molar-refractivity contribution in [2.45, 2.75) is 32.1 Å². The van der Waals surface area contributed by atoms with E-state index in [1.807, 2.05) is 30.3 Å². The molecule has 1 fully saturated rings. The second kappa shape index (κ2) is 10.2. The summed E-state index contributed by atoms with van der Waals surface area (Å²) in [5, 5.41) is 6.61. The highest BCUT2D eigenvalue weighted by Gasteiger charge is 2.21. The second-order valence-electron chi connectivity index (χ2n) is 7.78. The van der Waals surface area contributed by atoms with E-state index in [9.17, 15) is 9.59 Å². The monoisotopic (exact) mass is 468 g/mol. The zero-order chi connectivity index (χ0) is 22.5. The van der Waals surface area contributed by atoms with Gasteiger partial charge in [-0.05, 0) is 47.9 Å². The first-order valence-electron chi connectivity index (χ1n) is 10.5. The fourth-order valence-electron chi connectivity index (χ4n) is 3.92. The van der Waals surface area contributed by atoms with Gasteiger partial charge in [0.15, 0.2) is 0 Å². The third-order valence-corrected chi connectivity index (χ3v) is 6.18. The Morgan fingerprint density at radius 2 is 1.78 bits per heavy atom. The van der Waals surface area contributed by atoms with E-state index in [4.69, 9.17) is 27.9 Å². The molecule has 1 N–H and O–H groups in total. The van der Waals surface area contributed by atoms with E-state index in [1.165, 1.54) is 24.8 Å². The lowest BCUT2D eigenvalue weighted by atomic mass is 9.89. The summed E-state index contributed by atoms with van der Waals surface area (Å²) in [6, 6.07) is 15.8. The van der Waals surface area contributed by atoms with Crippen molar-refractivity contribution < 1.29 is 14.3 Å². The Hall–Kier alpha value is -2.89. The fourth-order valence-corrected chi connectivity index (χ4v) is 4.41. The largest absolute Gasteiger partial charge is 0.422 e. The molecule has 3 aromatic carbocycles. The van der Waals surface area contributed by atoms with Crippen molar-refractivity contribution in [1.29, 1.82) is 0 Å². The van der Waals surface area contributed by atoms with Crippen LogP contribution in [0.3, 0.4) is 0 Å². The van der Waals surface area contributed by atoms with Gasteiger partial charge in [0.05, 0.1) is 16.8 Å². The quantitative estimate of drug-likeness (QED) is 0.204. The third kappa shape index (κ3) is 5.12. The van der Waals surface area contributed by atoms with Crippen LogP contribution < -0.4 is 10.2 Å². The van der Waals surface area contributed by atoms with Crippen LogP contribution in [0.2, 0.25) is 10.0 Å². The van der Waals surface area contributed by atoms with Crippen LogP contribution in [0.5, 0.6) is 5.75 Å². The van der Waals surface area contributed by atoms with Gasteiger partial charge in [0, 0.05) is 16.5 Å². The summed E-state index contributed by atoms with van der Waals surface area (Å²) in [6.07, 6.45) is 6.61. The fraction of sp³-hybridized carbons (Fsp3) is 0.240. The van der Waals surface area contributed by atoms with Gasteiger partial charge in [-0.2, -0.15) is 5.10 Å². The molecule has 0 radical (unpaired) electrons. The van der Waals surface area contributed by atoms with Crippen LogP contribution in [0.4, 0.5) is 0 Å². The average molecular weight is 469 g/mol. The van der Waals surface area contributed by atoms with Crippen LogP contribution in [-0.4, -0.2) is 18.1 Å². The molecule has 7 heteroatoms. The molecular weight excluding hydrogens is 447 g/mol. The molecular formula is C25H22Cl2N2O3. The first-order valence-corrected chi connectivity index (χ1v) is 11.3. The Bertz CT molecular complexity index is 1190. The lowest BCUT2D eigenvalue weighted by Gasteiger charge is -2.19. The topological polar surface area (TPSA) is 67.8 Å². The van der Waals surface area contributed by atoms with Crippen LogP contribution >= 0.6 is 23.2 Å². The number of halogens is 2. The Morgan fingerprint density at radius 1 is 1.00 bits per heavy atom. The molecule has 0 aliphatic heterocycles. The minimum atomic E-state index is -0.608. The number of esters is 1. The highest BCUT2D eigenvalue weighted by Crippen LogP contribution is 2.29. The molecule has 0 aromatic heterocycles. The first-order chi connectivity index (χ1) is 15.5. The molecule has 1 saturated carbocycles. The molecule has 1 aliphatic rings. The van der Waals surface area contributed by atoms with Gasteiger partial charge < -0.3 is 4.74 Å². The van der Waals surface area contributed by atoms with E-state index >= 15 is 0 Å². The number of nitrogens with one attached hydrogen (secondary N) is 1. The highest BCUT2D eigenvalue weighted by molar-refractivity contribution is 6.36. The molecule has 32 heavy (non-hydrogen) atoms. The summed E-state index contributed by atoms with van der Waals surface area (Å²) >= 11 is 12.1. The van der Waals surface area contributed by atoms with Gasteiger partial charge in [0.25, 0.3) is 0 Å². The van der Waals surface area contributed by atoms with E-state index in [2.05, 4.69) is 10.5 Å². The van der Waals surface area contributed by atoms with Crippen molar-refractivity contribution in [3.8, 4) is 5.75 Å². The van der Waals surface area contributed by atoms with E-state index < -0.39 is 5.97 Å². The van der Waals surface area contributed by atoms with Gasteiger partial charge in [0.2, 0.25) is 5.91 Å². The zero-order valence-electron chi connectivity index (χ0n) is 17.3. The number of fused-ring (bicyclic) bond motifs is 1. The van der Waals surface area contributed by atoms with Crippen molar-refractivity contribution in [3.05, 3.63) is 75.8 Å². The van der Waals surface area contributed by atoms with E-state index in [0.717, 1.165) is 36.5 Å². The van der Waals surface area contributed by atoms with Gasteiger partial charge in [0.1, 0.15) is 5.75 Å². The smallest absolute Gasteiger partial charge is 0.345 e. The number of amides is 1. The predicted octanol–water partition coefficient (Wildman–Crippen LogP) is 6.40. The standard InChI is InChI=1S/C25H22Cl2N2O3/c26-18-11-12-20(22(27)14-18)25(31)32-23-13-10-16-6-4-5-9-19(16)21(23)15-28-29-24(30)17-7-2-1-3-8-17/h4-6,9-15,17H,1-3,7-8H2,(H,29,30)/b28-15+. The number of hydrazone groups is 1. The number of rotatable bonds is 5. The van der Waals surface area contributed by atoms with Crippen molar-refractivity contribution >= 4 is 52.1 Å². The maximum Gasteiger partial charge on any atom is 0.345 e. The molecule has 1 aliphatic carbocycles. The van der Waals surface area contributed by atoms with E-state index in [-0.39, 0.29) is 22.4 Å². The Kier molecular flexibility index (Phi) is 7.08. The molecule has 164 valence electrons. The number of nitrogens with zero attached hydrogens (tertiary/aromatic N) is 1. The SMILES string of the molecule is O=C(Oc1ccc2ccccc2c1/C=N/NC(=O)C1CCCCC1)c1ccc(Cl)cc1Cl. The number of hydrogen-bond acceptors (Lipinski definition) is 4. The molecule has 5 nitrogen and oxygen atoms in total. The number of benzene rings is 3. The van der Waals surface area contributed by atoms with Crippen LogP contribution in [0.1, 0.15) is 48.0 Å². The minimum absolute atomic E-state index is 0.00207. The molecule has 0 spiro atoms. The maximum atomic E-state index is 12.8. The molecule has 0 heterocycles. The molecule has 0 bridgehead atoms. The Balaban J connectivity index is 1.60. The number of hydrogen-bond donors (Lipinski definition) is 1. The summed E-state index contributed by atoms with van der Waals surface area (Å²) in [7, 11) is 0. The van der Waals surface area contributed by atoms with Gasteiger partial charge in [-0.25, -0.2) is 10.2 Å². The molecule has 3 aromatic rings. The first kappa shape index (κ1) is 22.3. The van der Waals surface area contributed by atoms with Crippen LogP contribution in [-0.2, 0) is 4.79 Å². The van der Waals surface area contributed by atoms with Crippen molar-refractivity contribution in [2.24, 2.45) is 11.0 Å². The summed E-state index contributed by atoms with van der Waals surface area (Å²) in [6.45, 7) is 0. The van der Waals surface area contributed by atoms with Crippen molar-refractivity contribution in [2.75, 3.05) is 0 Å². The summed E-state index contributed by atoms with van der Waals surface area (Å²) in [4.78, 5) is 25.2. The van der Waals surface area contributed by atoms with Gasteiger partial charge in [-0.3, -0.25) is 4.79 Å². The number of ether oxygens (including phenoxy) is 1. The van der Waals surface area contributed by atoms with Crippen LogP contribution in [0.15, 0.2) is 59.7 Å². The molecule has 4 rings (SSSR count). The maximum absolute atomic E-state index is 12.8. The van der Waals surface area contributed by atoms with Gasteiger partial charge >= 0.3 is 5.97 Å². The zero-order valence-corrected chi connectivity index (χ0v) is 18.8. The number of carbonyl (C=O) groups excluding carboxylic acids is 2. The van der Waals surface area contributed by atoms with Gasteiger partial charge in [-0.15, -0.1) is 0 Å². The lowest BCUT2D eigenvalue weighted by molar-refractivity contribution is -0.125. The summed E-state index contributed by atoms with van der Waals surface area (Å²) < 4.78 is 5.66. The third-order valence-electron chi connectivity index (χ3n) is 5.63. The normalized spacial score (nSPS) is 14.6. The Labute approximate surface area is 196 Å². The molecule has 0 atom stereocenters. The van der Waals surface area contributed by atoms with Crippen molar-refractivity contribution in [1.82, 2.24) is 5.43 Å². The van der Waals surface area contributed by atoms with Crippen molar-refractivity contribution in [3.63, 3.8) is 0 Å². The molecule has 1 amide bonds. The van der Waals surface area contributed by atoms with Crippen LogP contribution in [0.25, 0.3) is 10.8 Å². The minimum Gasteiger partial charge on any atom is -0.422 e. The van der Waals surface area contributed by atoms with E-state index in [0.29, 0.717) is 16.3 Å². The average Bonchev–Trinajstić information content (AvgIpc) is 2.80. The highest BCUT2D eigenvalue weighted by atomic mass is 35.5.